The van der Waals surface area contributed by atoms with Crippen molar-refractivity contribution in [2.45, 2.75) is 19.0 Å². The summed E-state index contributed by atoms with van der Waals surface area (Å²) in [4.78, 5) is 12.4. The molecule has 17 heavy (non-hydrogen) atoms. The third-order valence-corrected chi connectivity index (χ3v) is 3.25. The largest absolute Gasteiger partial charge is 0.406 e. The molecule has 0 aliphatic carbocycles. The number of benzene rings is 1. The van der Waals surface area contributed by atoms with Crippen molar-refractivity contribution in [3.63, 3.8) is 0 Å². The van der Waals surface area contributed by atoms with Crippen LogP contribution in [0.3, 0.4) is 0 Å². The summed E-state index contributed by atoms with van der Waals surface area (Å²) in [5.74, 6) is -0.462. The topological polar surface area (TPSA) is 20.3 Å². The van der Waals surface area contributed by atoms with Crippen molar-refractivity contribution >= 4 is 34.2 Å². The Hall–Kier alpha value is -0.790. The van der Waals surface area contributed by atoms with Gasteiger partial charge < -0.3 is 4.90 Å². The van der Waals surface area contributed by atoms with Crippen molar-refractivity contribution in [3.05, 3.63) is 27.3 Å². The van der Waals surface area contributed by atoms with Gasteiger partial charge in [-0.25, -0.2) is 0 Å². The van der Waals surface area contributed by atoms with Gasteiger partial charge in [-0.1, -0.05) is 0 Å². The second kappa shape index (κ2) is 4.47. The Morgan fingerprint density at radius 2 is 2.00 bits per heavy atom. The van der Waals surface area contributed by atoms with Crippen LogP contribution in [0.15, 0.2) is 18.2 Å². The van der Waals surface area contributed by atoms with Crippen LogP contribution in [0.1, 0.15) is 12.0 Å². The van der Waals surface area contributed by atoms with Gasteiger partial charge in [0.2, 0.25) is 5.91 Å². The van der Waals surface area contributed by atoms with Gasteiger partial charge in [0, 0.05) is 15.7 Å². The van der Waals surface area contributed by atoms with Crippen LogP contribution in [0.4, 0.5) is 18.9 Å². The van der Waals surface area contributed by atoms with E-state index in [-0.39, 0.29) is 6.42 Å². The van der Waals surface area contributed by atoms with E-state index in [1.54, 1.807) is 12.1 Å². The summed E-state index contributed by atoms with van der Waals surface area (Å²) in [6, 6.07) is 5.12. The lowest BCUT2D eigenvalue weighted by molar-refractivity contribution is -0.132. The summed E-state index contributed by atoms with van der Waals surface area (Å²) in [5.41, 5.74) is 1.19. The normalized spacial score (nSPS) is 16.0. The Balaban J connectivity index is 2.37. The Morgan fingerprint density at radius 3 is 2.65 bits per heavy atom. The van der Waals surface area contributed by atoms with E-state index in [1.807, 2.05) is 6.07 Å². The smallest absolute Gasteiger partial charge is 0.303 e. The number of aryl methyl sites for hydroxylation is 1. The van der Waals surface area contributed by atoms with E-state index in [2.05, 4.69) is 22.6 Å². The molecule has 0 saturated carbocycles. The number of alkyl halides is 3. The lowest BCUT2D eigenvalue weighted by atomic mass is 10.0. The minimum Gasteiger partial charge on any atom is -0.303 e. The van der Waals surface area contributed by atoms with Gasteiger partial charge in [-0.05, 0) is 52.8 Å². The highest BCUT2D eigenvalue weighted by Crippen LogP contribution is 2.31. The fourth-order valence-electron chi connectivity index (χ4n) is 1.88. The second-order valence-electron chi connectivity index (χ2n) is 3.87. The van der Waals surface area contributed by atoms with Crippen LogP contribution in [-0.4, -0.2) is 18.6 Å². The molecule has 1 aliphatic heterocycles. The zero-order valence-corrected chi connectivity index (χ0v) is 10.9. The summed E-state index contributed by atoms with van der Waals surface area (Å²) in [6.07, 6.45) is -3.71. The molecule has 1 amide bonds. The van der Waals surface area contributed by atoms with Crippen LogP contribution >= 0.6 is 22.6 Å². The Bertz CT molecular complexity index is 459. The van der Waals surface area contributed by atoms with Crippen LogP contribution in [-0.2, 0) is 11.2 Å². The van der Waals surface area contributed by atoms with E-state index in [9.17, 15) is 18.0 Å². The van der Waals surface area contributed by atoms with E-state index in [4.69, 9.17) is 0 Å². The summed E-state index contributed by atoms with van der Waals surface area (Å²) in [5, 5.41) is 0. The molecule has 1 aromatic carbocycles. The molecule has 0 radical (unpaired) electrons. The SMILES string of the molecule is O=C1CCc2cc(I)ccc2N1CC(F)(F)F. The summed E-state index contributed by atoms with van der Waals surface area (Å²) < 4.78 is 38.1. The van der Waals surface area contributed by atoms with Crippen LogP contribution in [0.25, 0.3) is 0 Å². The first-order chi connectivity index (χ1) is 7.87. The lowest BCUT2D eigenvalue weighted by Crippen LogP contribution is -2.41. The standard InChI is InChI=1S/C11H9F3INO/c12-11(13,14)6-16-9-3-2-8(15)5-7(9)1-4-10(16)17/h2-3,5H,1,4,6H2. The van der Waals surface area contributed by atoms with Crippen molar-refractivity contribution in [3.8, 4) is 0 Å². The lowest BCUT2D eigenvalue weighted by Gasteiger charge is -2.30. The highest BCUT2D eigenvalue weighted by molar-refractivity contribution is 14.1. The first-order valence-electron chi connectivity index (χ1n) is 5.02. The number of carbonyl (C=O) groups is 1. The molecule has 92 valence electrons. The minimum absolute atomic E-state index is 0.142. The molecule has 1 aliphatic rings. The minimum atomic E-state index is -4.37. The third kappa shape index (κ3) is 2.91. The highest BCUT2D eigenvalue weighted by Gasteiger charge is 2.36. The zero-order valence-electron chi connectivity index (χ0n) is 8.72. The predicted octanol–water partition coefficient (Wildman–Crippen LogP) is 3.13. The molecule has 1 heterocycles. The first kappa shape index (κ1) is 12.7. The van der Waals surface area contributed by atoms with Crippen molar-refractivity contribution < 1.29 is 18.0 Å². The average Bonchev–Trinajstić information content (AvgIpc) is 2.21. The molecule has 0 saturated heterocycles. The maximum absolute atomic E-state index is 12.4. The van der Waals surface area contributed by atoms with Crippen LogP contribution in [0.5, 0.6) is 0 Å². The molecule has 0 atom stereocenters. The van der Waals surface area contributed by atoms with Gasteiger partial charge in [-0.2, -0.15) is 13.2 Å². The number of fused-ring (bicyclic) bond motifs is 1. The van der Waals surface area contributed by atoms with E-state index < -0.39 is 18.6 Å². The summed E-state index contributed by atoms with van der Waals surface area (Å²) >= 11 is 2.10. The molecule has 2 nitrogen and oxygen atoms in total. The number of rotatable bonds is 1. The fraction of sp³-hybridized carbons (Fsp3) is 0.364. The average molecular weight is 355 g/mol. The number of hydrogen-bond acceptors (Lipinski definition) is 1. The quantitative estimate of drug-likeness (QED) is 0.709. The molecule has 0 bridgehead atoms. The summed E-state index contributed by atoms with van der Waals surface area (Å²) in [6.45, 7) is -1.21. The van der Waals surface area contributed by atoms with E-state index in [0.29, 0.717) is 12.1 Å². The summed E-state index contributed by atoms with van der Waals surface area (Å²) in [7, 11) is 0. The molecule has 0 fully saturated rings. The van der Waals surface area contributed by atoms with Crippen molar-refractivity contribution in [1.29, 1.82) is 0 Å². The molecule has 2 rings (SSSR count). The fourth-order valence-corrected chi connectivity index (χ4v) is 2.44. The van der Waals surface area contributed by atoms with Gasteiger partial charge in [0.15, 0.2) is 0 Å². The van der Waals surface area contributed by atoms with Gasteiger partial charge in [-0.3, -0.25) is 4.79 Å². The van der Waals surface area contributed by atoms with Crippen molar-refractivity contribution in [2.75, 3.05) is 11.4 Å². The number of halogens is 4. The maximum atomic E-state index is 12.4. The van der Waals surface area contributed by atoms with Gasteiger partial charge in [0.05, 0.1) is 0 Å². The van der Waals surface area contributed by atoms with E-state index in [1.165, 1.54) is 0 Å². The molecule has 0 aromatic heterocycles. The van der Waals surface area contributed by atoms with Crippen molar-refractivity contribution in [2.24, 2.45) is 0 Å². The van der Waals surface area contributed by atoms with Gasteiger partial charge in [0.25, 0.3) is 0 Å². The number of nitrogens with zero attached hydrogens (tertiary/aromatic N) is 1. The predicted molar refractivity (Wildman–Crippen MR) is 65.9 cm³/mol. The molecule has 1 aromatic rings. The second-order valence-corrected chi connectivity index (χ2v) is 5.11. The first-order valence-corrected chi connectivity index (χ1v) is 6.10. The maximum Gasteiger partial charge on any atom is 0.406 e. The molecule has 6 heteroatoms. The van der Waals surface area contributed by atoms with E-state index >= 15 is 0 Å². The Labute approximate surface area is 110 Å². The molecular weight excluding hydrogens is 346 g/mol. The number of hydrogen-bond donors (Lipinski definition) is 0. The Morgan fingerprint density at radius 1 is 1.29 bits per heavy atom. The molecular formula is C11H9F3INO. The van der Waals surface area contributed by atoms with Gasteiger partial charge >= 0.3 is 6.18 Å². The van der Waals surface area contributed by atoms with Crippen molar-refractivity contribution in [1.82, 2.24) is 0 Å². The molecule has 0 spiro atoms. The van der Waals surface area contributed by atoms with Crippen LogP contribution < -0.4 is 4.90 Å². The van der Waals surface area contributed by atoms with Gasteiger partial charge in [-0.15, -0.1) is 0 Å². The number of carbonyl (C=O) groups excluding carboxylic acids is 1. The van der Waals surface area contributed by atoms with E-state index in [0.717, 1.165) is 14.0 Å². The van der Waals surface area contributed by atoms with Crippen LogP contribution in [0.2, 0.25) is 0 Å². The third-order valence-electron chi connectivity index (χ3n) is 2.58. The Kier molecular flexibility index (Phi) is 3.33. The monoisotopic (exact) mass is 355 g/mol. The number of anilines is 1. The van der Waals surface area contributed by atoms with Crippen LogP contribution in [0, 0.1) is 3.57 Å². The number of amides is 1. The zero-order chi connectivity index (χ0) is 12.6. The highest BCUT2D eigenvalue weighted by atomic mass is 127. The van der Waals surface area contributed by atoms with Gasteiger partial charge in [0.1, 0.15) is 6.54 Å². The molecule has 0 unspecified atom stereocenters. The molecule has 0 N–H and O–H groups in total.